The predicted octanol–water partition coefficient (Wildman–Crippen LogP) is 5.97. The maximum atomic E-state index is 12.3. The summed E-state index contributed by atoms with van der Waals surface area (Å²) < 4.78 is 1.59. The Morgan fingerprint density at radius 3 is 2.58 bits per heavy atom. The summed E-state index contributed by atoms with van der Waals surface area (Å²) in [6.07, 6.45) is 0. The lowest BCUT2D eigenvalue weighted by Crippen LogP contribution is -2.12. The SMILES string of the molecule is CC(C)c1ccc(CSc2nnc(NC(=O)c3ccccc3Br)s2)cc1. The van der Waals surface area contributed by atoms with Gasteiger partial charge in [0.05, 0.1) is 5.56 Å². The van der Waals surface area contributed by atoms with Gasteiger partial charge in [-0.15, -0.1) is 10.2 Å². The van der Waals surface area contributed by atoms with E-state index in [4.69, 9.17) is 0 Å². The smallest absolute Gasteiger partial charge is 0.258 e. The first-order valence-corrected chi connectivity index (χ1v) is 10.7. The second-order valence-corrected chi connectivity index (χ2v) is 9.05. The Balaban J connectivity index is 1.58. The van der Waals surface area contributed by atoms with Gasteiger partial charge in [-0.05, 0) is 45.1 Å². The maximum Gasteiger partial charge on any atom is 0.258 e. The van der Waals surface area contributed by atoms with E-state index in [1.807, 2.05) is 18.2 Å². The molecule has 0 aliphatic carbocycles. The molecule has 0 aliphatic heterocycles. The van der Waals surface area contributed by atoms with Crippen molar-refractivity contribution in [3.63, 3.8) is 0 Å². The Morgan fingerprint density at radius 1 is 1.15 bits per heavy atom. The number of halogens is 1. The number of hydrogen-bond acceptors (Lipinski definition) is 5. The zero-order valence-corrected chi connectivity index (χ0v) is 17.6. The van der Waals surface area contributed by atoms with E-state index in [1.165, 1.54) is 22.5 Å². The molecule has 0 fully saturated rings. The molecule has 0 spiro atoms. The van der Waals surface area contributed by atoms with Crippen LogP contribution in [0.25, 0.3) is 0 Å². The minimum atomic E-state index is -0.200. The number of nitrogens with zero attached hydrogens (tertiary/aromatic N) is 2. The van der Waals surface area contributed by atoms with Crippen LogP contribution < -0.4 is 5.32 Å². The minimum absolute atomic E-state index is 0.200. The number of hydrogen-bond donors (Lipinski definition) is 1. The summed E-state index contributed by atoms with van der Waals surface area (Å²) in [5.74, 6) is 1.16. The Labute approximate surface area is 169 Å². The highest BCUT2D eigenvalue weighted by Gasteiger charge is 2.13. The lowest BCUT2D eigenvalue weighted by molar-refractivity contribution is 0.102. The molecule has 0 unspecified atom stereocenters. The molecule has 0 atom stereocenters. The summed E-state index contributed by atoms with van der Waals surface area (Å²) in [7, 11) is 0. The fraction of sp³-hybridized carbons (Fsp3) is 0.211. The van der Waals surface area contributed by atoms with E-state index >= 15 is 0 Å². The van der Waals surface area contributed by atoms with E-state index in [0.717, 1.165) is 14.6 Å². The number of thioether (sulfide) groups is 1. The van der Waals surface area contributed by atoms with E-state index in [0.29, 0.717) is 16.6 Å². The first-order valence-electron chi connectivity index (χ1n) is 8.14. The predicted molar refractivity (Wildman–Crippen MR) is 112 cm³/mol. The molecule has 1 amide bonds. The average molecular weight is 448 g/mol. The summed E-state index contributed by atoms with van der Waals surface area (Å²) in [4.78, 5) is 12.3. The number of aromatic nitrogens is 2. The van der Waals surface area contributed by atoms with Crippen molar-refractivity contribution in [2.75, 3.05) is 5.32 Å². The number of benzene rings is 2. The lowest BCUT2D eigenvalue weighted by Gasteiger charge is -2.06. The number of amides is 1. The van der Waals surface area contributed by atoms with Crippen molar-refractivity contribution in [1.29, 1.82) is 0 Å². The van der Waals surface area contributed by atoms with Crippen molar-refractivity contribution in [3.8, 4) is 0 Å². The number of anilines is 1. The van der Waals surface area contributed by atoms with Crippen LogP contribution in [-0.2, 0) is 5.75 Å². The van der Waals surface area contributed by atoms with Crippen molar-refractivity contribution in [3.05, 3.63) is 69.7 Å². The monoisotopic (exact) mass is 447 g/mol. The zero-order valence-electron chi connectivity index (χ0n) is 14.4. The molecule has 26 heavy (non-hydrogen) atoms. The third kappa shape index (κ3) is 4.93. The van der Waals surface area contributed by atoms with Gasteiger partial charge in [0.1, 0.15) is 0 Å². The number of rotatable bonds is 6. The van der Waals surface area contributed by atoms with Crippen LogP contribution in [0.3, 0.4) is 0 Å². The Kier molecular flexibility index (Phi) is 6.45. The molecule has 7 heteroatoms. The molecule has 0 radical (unpaired) electrons. The topological polar surface area (TPSA) is 54.9 Å². The fourth-order valence-corrected chi connectivity index (χ4v) is 4.44. The van der Waals surface area contributed by atoms with Gasteiger partial charge in [0, 0.05) is 10.2 Å². The summed E-state index contributed by atoms with van der Waals surface area (Å²) in [6.45, 7) is 4.38. The fourth-order valence-electron chi connectivity index (χ4n) is 2.27. The van der Waals surface area contributed by atoms with Gasteiger partial charge in [0.25, 0.3) is 5.91 Å². The first kappa shape index (κ1) is 19.1. The number of nitrogens with one attached hydrogen (secondary N) is 1. The van der Waals surface area contributed by atoms with Crippen molar-refractivity contribution < 1.29 is 4.79 Å². The first-order chi connectivity index (χ1) is 12.5. The molecule has 1 heterocycles. The van der Waals surface area contributed by atoms with E-state index in [-0.39, 0.29) is 5.91 Å². The van der Waals surface area contributed by atoms with Gasteiger partial charge in [0.2, 0.25) is 5.13 Å². The molecule has 4 nitrogen and oxygen atoms in total. The van der Waals surface area contributed by atoms with Crippen LogP contribution in [0.4, 0.5) is 5.13 Å². The van der Waals surface area contributed by atoms with Gasteiger partial charge in [-0.3, -0.25) is 10.1 Å². The highest BCUT2D eigenvalue weighted by Crippen LogP contribution is 2.29. The summed E-state index contributed by atoms with van der Waals surface area (Å²) in [6, 6.07) is 15.9. The summed E-state index contributed by atoms with van der Waals surface area (Å²) >= 11 is 6.38. The molecule has 2 aromatic carbocycles. The quantitative estimate of drug-likeness (QED) is 0.373. The average Bonchev–Trinajstić information content (AvgIpc) is 3.08. The van der Waals surface area contributed by atoms with Crippen LogP contribution in [-0.4, -0.2) is 16.1 Å². The zero-order chi connectivity index (χ0) is 18.5. The molecular formula is C19H18BrN3OS2. The third-order valence-electron chi connectivity index (χ3n) is 3.75. The van der Waals surface area contributed by atoms with Crippen molar-refractivity contribution >= 4 is 50.1 Å². The Morgan fingerprint density at radius 2 is 1.88 bits per heavy atom. The lowest BCUT2D eigenvalue weighted by atomic mass is 10.0. The number of carbonyl (C=O) groups is 1. The van der Waals surface area contributed by atoms with Gasteiger partial charge in [-0.25, -0.2) is 0 Å². The van der Waals surface area contributed by atoms with Gasteiger partial charge in [-0.1, -0.05) is 73.3 Å². The molecule has 1 aromatic heterocycles. The van der Waals surface area contributed by atoms with Crippen LogP contribution in [0.2, 0.25) is 0 Å². The standard InChI is InChI=1S/C19H18BrN3OS2/c1-12(2)14-9-7-13(8-10-14)11-25-19-23-22-18(26-19)21-17(24)15-5-3-4-6-16(15)20/h3-10,12H,11H2,1-2H3,(H,21,22,24). The molecule has 0 bridgehead atoms. The van der Waals surface area contributed by atoms with Crippen molar-refractivity contribution in [2.45, 2.75) is 29.9 Å². The molecule has 0 saturated carbocycles. The van der Waals surface area contributed by atoms with E-state index in [9.17, 15) is 4.79 Å². The minimum Gasteiger partial charge on any atom is -0.296 e. The van der Waals surface area contributed by atoms with Gasteiger partial charge in [-0.2, -0.15) is 0 Å². The van der Waals surface area contributed by atoms with Crippen molar-refractivity contribution in [2.24, 2.45) is 0 Å². The summed E-state index contributed by atoms with van der Waals surface area (Å²) in [5.41, 5.74) is 3.15. The third-order valence-corrected chi connectivity index (χ3v) is 6.49. The van der Waals surface area contributed by atoms with Crippen LogP contribution in [0.1, 0.15) is 41.3 Å². The molecule has 134 valence electrons. The second kappa shape index (κ2) is 8.79. The van der Waals surface area contributed by atoms with Gasteiger partial charge in [0.15, 0.2) is 4.34 Å². The normalized spacial score (nSPS) is 10.9. The molecule has 3 rings (SSSR count). The van der Waals surface area contributed by atoms with Crippen LogP contribution in [0, 0.1) is 0 Å². The Bertz CT molecular complexity index is 894. The Hall–Kier alpha value is -1.70. The molecule has 3 aromatic rings. The van der Waals surface area contributed by atoms with E-state index in [1.54, 1.807) is 17.8 Å². The molecular weight excluding hydrogens is 430 g/mol. The highest BCUT2D eigenvalue weighted by molar-refractivity contribution is 9.10. The maximum absolute atomic E-state index is 12.3. The van der Waals surface area contributed by atoms with Crippen molar-refractivity contribution in [1.82, 2.24) is 10.2 Å². The van der Waals surface area contributed by atoms with E-state index < -0.39 is 0 Å². The van der Waals surface area contributed by atoms with Crippen LogP contribution in [0.5, 0.6) is 0 Å². The van der Waals surface area contributed by atoms with Gasteiger partial charge < -0.3 is 0 Å². The highest BCUT2D eigenvalue weighted by atomic mass is 79.9. The van der Waals surface area contributed by atoms with E-state index in [2.05, 4.69) is 69.6 Å². The number of carbonyl (C=O) groups excluding carboxylic acids is 1. The largest absolute Gasteiger partial charge is 0.296 e. The second-order valence-electron chi connectivity index (χ2n) is 5.99. The van der Waals surface area contributed by atoms with Gasteiger partial charge >= 0.3 is 0 Å². The molecule has 0 saturated heterocycles. The molecule has 1 N–H and O–H groups in total. The van der Waals surface area contributed by atoms with Crippen LogP contribution in [0.15, 0.2) is 57.3 Å². The summed E-state index contributed by atoms with van der Waals surface area (Å²) in [5, 5.41) is 11.5. The molecule has 0 aliphatic rings. The van der Waals surface area contributed by atoms with Crippen LogP contribution >= 0.6 is 39.0 Å².